The van der Waals surface area contributed by atoms with Gasteiger partial charge < -0.3 is 11.1 Å². The third-order valence-electron chi connectivity index (χ3n) is 3.38. The molecule has 1 aliphatic carbocycles. The van der Waals surface area contributed by atoms with E-state index in [1.807, 2.05) is 0 Å². The SMILES string of the molecule is NC(=S)N[C@@H](CC1CCC1)c1ccc(F)cc1. The monoisotopic (exact) mass is 252 g/mol. The summed E-state index contributed by atoms with van der Waals surface area (Å²) in [5.41, 5.74) is 6.59. The Kier molecular flexibility index (Phi) is 3.94. The van der Waals surface area contributed by atoms with Crippen molar-refractivity contribution in [1.29, 1.82) is 0 Å². The minimum Gasteiger partial charge on any atom is -0.376 e. The molecule has 1 saturated carbocycles. The van der Waals surface area contributed by atoms with Crippen LogP contribution in [0.1, 0.15) is 37.3 Å². The van der Waals surface area contributed by atoms with Crippen molar-refractivity contribution < 1.29 is 4.39 Å². The highest BCUT2D eigenvalue weighted by Crippen LogP contribution is 2.34. The zero-order chi connectivity index (χ0) is 12.3. The molecule has 0 saturated heterocycles. The summed E-state index contributed by atoms with van der Waals surface area (Å²) in [6, 6.07) is 6.65. The van der Waals surface area contributed by atoms with Gasteiger partial charge in [0.15, 0.2) is 5.11 Å². The average Bonchev–Trinajstić information content (AvgIpc) is 2.22. The molecule has 0 unspecified atom stereocenters. The molecule has 0 bridgehead atoms. The Labute approximate surface area is 106 Å². The van der Waals surface area contributed by atoms with E-state index < -0.39 is 0 Å². The quantitative estimate of drug-likeness (QED) is 0.809. The normalized spacial score (nSPS) is 17.2. The van der Waals surface area contributed by atoms with E-state index in [4.69, 9.17) is 18.0 Å². The van der Waals surface area contributed by atoms with Crippen LogP contribution in [0, 0.1) is 11.7 Å². The van der Waals surface area contributed by atoms with Crippen LogP contribution in [0.4, 0.5) is 4.39 Å². The summed E-state index contributed by atoms with van der Waals surface area (Å²) in [6.07, 6.45) is 4.88. The molecule has 1 aliphatic rings. The van der Waals surface area contributed by atoms with Crippen molar-refractivity contribution in [3.8, 4) is 0 Å². The Bertz CT molecular complexity index is 387. The van der Waals surface area contributed by atoms with Crippen molar-refractivity contribution in [2.75, 3.05) is 0 Å². The molecule has 2 nitrogen and oxygen atoms in total. The maximum Gasteiger partial charge on any atom is 0.164 e. The van der Waals surface area contributed by atoms with Crippen molar-refractivity contribution in [2.24, 2.45) is 11.7 Å². The van der Waals surface area contributed by atoms with Gasteiger partial charge in [-0.15, -0.1) is 0 Å². The van der Waals surface area contributed by atoms with Crippen molar-refractivity contribution in [3.63, 3.8) is 0 Å². The zero-order valence-corrected chi connectivity index (χ0v) is 10.5. The molecule has 4 heteroatoms. The van der Waals surface area contributed by atoms with Gasteiger partial charge in [0.1, 0.15) is 5.82 Å². The van der Waals surface area contributed by atoms with Crippen molar-refractivity contribution >= 4 is 17.3 Å². The van der Waals surface area contributed by atoms with Crippen LogP contribution in [-0.4, -0.2) is 5.11 Å². The van der Waals surface area contributed by atoms with Crippen LogP contribution in [0.25, 0.3) is 0 Å². The molecule has 0 aliphatic heterocycles. The first kappa shape index (κ1) is 12.3. The highest BCUT2D eigenvalue weighted by molar-refractivity contribution is 7.80. The van der Waals surface area contributed by atoms with Crippen LogP contribution in [0.2, 0.25) is 0 Å². The van der Waals surface area contributed by atoms with Gasteiger partial charge in [-0.25, -0.2) is 4.39 Å². The highest BCUT2D eigenvalue weighted by Gasteiger charge is 2.23. The summed E-state index contributed by atoms with van der Waals surface area (Å²) in [4.78, 5) is 0. The second-order valence-electron chi connectivity index (χ2n) is 4.65. The van der Waals surface area contributed by atoms with Gasteiger partial charge in [0.2, 0.25) is 0 Å². The summed E-state index contributed by atoms with van der Waals surface area (Å²) >= 11 is 4.90. The molecule has 0 amide bonds. The number of nitrogens with two attached hydrogens (primary N) is 1. The Balaban J connectivity index is 2.07. The first-order chi connectivity index (χ1) is 8.15. The second kappa shape index (κ2) is 5.45. The van der Waals surface area contributed by atoms with E-state index in [-0.39, 0.29) is 11.9 Å². The molecular weight excluding hydrogens is 235 g/mol. The van der Waals surface area contributed by atoms with Crippen molar-refractivity contribution in [1.82, 2.24) is 5.32 Å². The number of rotatable bonds is 4. The molecule has 1 aromatic carbocycles. The lowest BCUT2D eigenvalue weighted by Gasteiger charge is -2.30. The molecule has 2 rings (SSSR count). The van der Waals surface area contributed by atoms with E-state index in [1.165, 1.54) is 31.4 Å². The Hall–Kier alpha value is -1.16. The third kappa shape index (κ3) is 3.40. The van der Waals surface area contributed by atoms with Gasteiger partial charge in [-0.2, -0.15) is 0 Å². The number of halogens is 1. The predicted molar refractivity (Wildman–Crippen MR) is 71.0 cm³/mol. The number of thiocarbonyl (C=S) groups is 1. The zero-order valence-electron chi connectivity index (χ0n) is 9.66. The lowest BCUT2D eigenvalue weighted by Crippen LogP contribution is -2.34. The van der Waals surface area contributed by atoms with Crippen LogP contribution in [0.3, 0.4) is 0 Å². The highest BCUT2D eigenvalue weighted by atomic mass is 32.1. The molecule has 3 N–H and O–H groups in total. The van der Waals surface area contributed by atoms with Gasteiger partial charge in [0.05, 0.1) is 6.04 Å². The van der Waals surface area contributed by atoms with E-state index in [1.54, 1.807) is 12.1 Å². The van der Waals surface area contributed by atoms with Gasteiger partial charge in [-0.3, -0.25) is 0 Å². The Morgan fingerprint density at radius 3 is 2.53 bits per heavy atom. The van der Waals surface area contributed by atoms with Gasteiger partial charge in [-0.05, 0) is 42.3 Å². The summed E-state index contributed by atoms with van der Waals surface area (Å²) < 4.78 is 12.9. The van der Waals surface area contributed by atoms with Crippen molar-refractivity contribution in [3.05, 3.63) is 35.6 Å². The Morgan fingerprint density at radius 1 is 1.41 bits per heavy atom. The van der Waals surface area contributed by atoms with E-state index in [9.17, 15) is 4.39 Å². The summed E-state index contributed by atoms with van der Waals surface area (Å²) in [7, 11) is 0. The maximum absolute atomic E-state index is 12.9. The first-order valence-electron chi connectivity index (χ1n) is 5.96. The molecule has 0 spiro atoms. The van der Waals surface area contributed by atoms with E-state index >= 15 is 0 Å². The largest absolute Gasteiger partial charge is 0.376 e. The van der Waals surface area contributed by atoms with E-state index in [0.717, 1.165) is 17.9 Å². The van der Waals surface area contributed by atoms with E-state index in [2.05, 4.69) is 5.32 Å². The number of nitrogens with one attached hydrogen (secondary N) is 1. The summed E-state index contributed by atoms with van der Waals surface area (Å²) in [5.74, 6) is 0.526. The second-order valence-corrected chi connectivity index (χ2v) is 5.09. The minimum atomic E-state index is -0.216. The van der Waals surface area contributed by atoms with Crippen LogP contribution in [0.15, 0.2) is 24.3 Å². The fourth-order valence-corrected chi connectivity index (χ4v) is 2.35. The van der Waals surface area contributed by atoms with Crippen LogP contribution in [-0.2, 0) is 0 Å². The molecular formula is C13H17FN2S. The van der Waals surface area contributed by atoms with Crippen molar-refractivity contribution in [2.45, 2.75) is 31.7 Å². The molecule has 0 aromatic heterocycles. The first-order valence-corrected chi connectivity index (χ1v) is 6.37. The fourth-order valence-electron chi connectivity index (χ4n) is 2.21. The van der Waals surface area contributed by atoms with Gasteiger partial charge in [0.25, 0.3) is 0 Å². The minimum absolute atomic E-state index is 0.110. The average molecular weight is 252 g/mol. The molecule has 1 atom stereocenters. The standard InChI is InChI=1S/C13H17FN2S/c14-11-6-4-10(5-7-11)12(16-13(15)17)8-9-2-1-3-9/h4-7,9,12H,1-3,8H2,(H3,15,16,17)/t12-/m0/s1. The maximum atomic E-state index is 12.9. The summed E-state index contributed by atoms with van der Waals surface area (Å²) in [6.45, 7) is 0. The van der Waals surface area contributed by atoms with Gasteiger partial charge in [0, 0.05) is 0 Å². The fraction of sp³-hybridized carbons (Fsp3) is 0.462. The number of benzene rings is 1. The number of hydrogen-bond donors (Lipinski definition) is 2. The number of hydrogen-bond acceptors (Lipinski definition) is 1. The third-order valence-corrected chi connectivity index (χ3v) is 3.50. The molecule has 0 radical (unpaired) electrons. The molecule has 1 aromatic rings. The summed E-state index contributed by atoms with van der Waals surface area (Å²) in [5, 5.41) is 3.41. The van der Waals surface area contributed by atoms with Gasteiger partial charge in [-0.1, -0.05) is 31.4 Å². The van der Waals surface area contributed by atoms with Gasteiger partial charge >= 0.3 is 0 Å². The van der Waals surface area contributed by atoms with Crippen LogP contribution < -0.4 is 11.1 Å². The molecule has 92 valence electrons. The predicted octanol–water partition coefficient (Wildman–Crippen LogP) is 2.89. The lowest BCUT2D eigenvalue weighted by atomic mass is 9.79. The Morgan fingerprint density at radius 2 is 2.06 bits per heavy atom. The smallest absolute Gasteiger partial charge is 0.164 e. The van der Waals surface area contributed by atoms with E-state index in [0.29, 0.717) is 5.11 Å². The van der Waals surface area contributed by atoms with Crippen LogP contribution in [0.5, 0.6) is 0 Å². The topological polar surface area (TPSA) is 38.0 Å². The molecule has 1 fully saturated rings. The molecule has 0 heterocycles. The lowest BCUT2D eigenvalue weighted by molar-refractivity contribution is 0.270. The van der Waals surface area contributed by atoms with Crippen LogP contribution >= 0.6 is 12.2 Å². The molecule has 17 heavy (non-hydrogen) atoms.